The summed E-state index contributed by atoms with van der Waals surface area (Å²) in [6.45, 7) is 0.160. The molecule has 0 aliphatic rings. The predicted octanol–water partition coefficient (Wildman–Crippen LogP) is 2.32. The van der Waals surface area contributed by atoms with Gasteiger partial charge in [-0.25, -0.2) is 4.68 Å². The van der Waals surface area contributed by atoms with Gasteiger partial charge < -0.3 is 4.74 Å². The van der Waals surface area contributed by atoms with Crippen molar-refractivity contribution in [1.82, 2.24) is 15.0 Å². The molecule has 3 aromatic rings. The summed E-state index contributed by atoms with van der Waals surface area (Å²) in [6.07, 6.45) is 0. The van der Waals surface area contributed by atoms with E-state index in [1.165, 1.54) is 0 Å². The van der Waals surface area contributed by atoms with Crippen molar-refractivity contribution < 1.29 is 9.53 Å². The van der Waals surface area contributed by atoms with Gasteiger partial charge in [-0.05, 0) is 24.3 Å². The van der Waals surface area contributed by atoms with E-state index in [1.807, 2.05) is 30.3 Å². The summed E-state index contributed by atoms with van der Waals surface area (Å²) in [5, 5.41) is 8.05. The number of fused-ring (bicyclic) bond motifs is 1. The van der Waals surface area contributed by atoms with E-state index in [-0.39, 0.29) is 12.3 Å². The average molecular weight is 267 g/mol. The molecule has 0 fully saturated rings. The summed E-state index contributed by atoms with van der Waals surface area (Å²) in [6, 6.07) is 14.7. The molecular formula is C15H13N3O2. The Hall–Kier alpha value is -2.69. The number of aromatic nitrogens is 3. The van der Waals surface area contributed by atoms with Gasteiger partial charge in [0.15, 0.2) is 5.78 Å². The quantitative estimate of drug-likeness (QED) is 0.681. The fourth-order valence-electron chi connectivity index (χ4n) is 2.06. The smallest absolute Gasteiger partial charge is 0.184 e. The van der Waals surface area contributed by atoms with Crippen molar-refractivity contribution in [2.45, 2.75) is 6.54 Å². The summed E-state index contributed by atoms with van der Waals surface area (Å²) in [4.78, 5) is 12.3. The van der Waals surface area contributed by atoms with Gasteiger partial charge in [0.05, 0.1) is 12.6 Å². The Balaban J connectivity index is 1.88. The highest BCUT2D eigenvalue weighted by Gasteiger charge is 2.11. The Morgan fingerprint density at radius 3 is 2.90 bits per heavy atom. The van der Waals surface area contributed by atoms with Gasteiger partial charge in [0, 0.05) is 5.56 Å². The van der Waals surface area contributed by atoms with Crippen LogP contribution in [0.15, 0.2) is 48.5 Å². The van der Waals surface area contributed by atoms with E-state index in [0.717, 1.165) is 11.0 Å². The molecule has 20 heavy (non-hydrogen) atoms. The summed E-state index contributed by atoms with van der Waals surface area (Å²) >= 11 is 0. The van der Waals surface area contributed by atoms with Crippen LogP contribution in [-0.2, 0) is 6.54 Å². The number of Topliss-reactive ketones (excluding diaryl/α,β-unsaturated/α-hetero) is 1. The van der Waals surface area contributed by atoms with E-state index in [4.69, 9.17) is 4.74 Å². The van der Waals surface area contributed by atoms with Gasteiger partial charge >= 0.3 is 0 Å². The molecule has 0 aliphatic heterocycles. The summed E-state index contributed by atoms with van der Waals surface area (Å²) < 4.78 is 6.73. The van der Waals surface area contributed by atoms with E-state index in [2.05, 4.69) is 10.3 Å². The maximum Gasteiger partial charge on any atom is 0.184 e. The second-order valence-corrected chi connectivity index (χ2v) is 4.39. The third kappa shape index (κ3) is 2.25. The second kappa shape index (κ2) is 5.13. The highest BCUT2D eigenvalue weighted by atomic mass is 16.5. The molecule has 5 nitrogen and oxygen atoms in total. The number of ether oxygens (including phenoxy) is 1. The molecule has 0 bridgehead atoms. The normalized spacial score (nSPS) is 10.7. The zero-order valence-electron chi connectivity index (χ0n) is 11.0. The first-order valence-electron chi connectivity index (χ1n) is 6.23. The van der Waals surface area contributed by atoms with E-state index < -0.39 is 0 Å². The lowest BCUT2D eigenvalue weighted by Crippen LogP contribution is -2.11. The van der Waals surface area contributed by atoms with Crippen LogP contribution in [-0.4, -0.2) is 27.9 Å². The highest BCUT2D eigenvalue weighted by molar-refractivity contribution is 5.96. The van der Waals surface area contributed by atoms with Crippen LogP contribution in [0.1, 0.15) is 10.4 Å². The van der Waals surface area contributed by atoms with Crippen LogP contribution in [0, 0.1) is 0 Å². The fourth-order valence-corrected chi connectivity index (χ4v) is 2.06. The van der Waals surface area contributed by atoms with Gasteiger partial charge in [0.25, 0.3) is 0 Å². The van der Waals surface area contributed by atoms with Crippen molar-refractivity contribution in [2.24, 2.45) is 0 Å². The zero-order chi connectivity index (χ0) is 13.9. The molecule has 5 heteroatoms. The van der Waals surface area contributed by atoms with E-state index in [0.29, 0.717) is 11.3 Å². The summed E-state index contributed by atoms with van der Waals surface area (Å²) in [5.41, 5.74) is 2.23. The lowest BCUT2D eigenvalue weighted by atomic mass is 10.1. The van der Waals surface area contributed by atoms with Crippen molar-refractivity contribution in [1.29, 1.82) is 0 Å². The molecule has 1 aromatic heterocycles. The topological polar surface area (TPSA) is 57.0 Å². The second-order valence-electron chi connectivity index (χ2n) is 4.39. The molecule has 1 heterocycles. The number of nitrogens with zero attached hydrogens (tertiary/aromatic N) is 3. The highest BCUT2D eigenvalue weighted by Crippen LogP contribution is 2.15. The molecular weight excluding hydrogens is 254 g/mol. The summed E-state index contributed by atoms with van der Waals surface area (Å²) in [5.74, 6) is 0.638. The molecule has 100 valence electrons. The lowest BCUT2D eigenvalue weighted by Gasteiger charge is -2.04. The lowest BCUT2D eigenvalue weighted by molar-refractivity contribution is 0.0968. The van der Waals surface area contributed by atoms with E-state index in [9.17, 15) is 4.79 Å². The van der Waals surface area contributed by atoms with Gasteiger partial charge in [-0.3, -0.25) is 4.79 Å². The minimum atomic E-state index is -0.0282. The van der Waals surface area contributed by atoms with Crippen LogP contribution in [0.25, 0.3) is 11.0 Å². The van der Waals surface area contributed by atoms with Gasteiger partial charge in [-0.1, -0.05) is 29.5 Å². The number of carbonyl (C=O) groups is 1. The first-order valence-corrected chi connectivity index (χ1v) is 6.23. The molecule has 0 unspecified atom stereocenters. The Morgan fingerprint density at radius 1 is 1.20 bits per heavy atom. The largest absolute Gasteiger partial charge is 0.497 e. The summed E-state index contributed by atoms with van der Waals surface area (Å²) in [7, 11) is 1.58. The monoisotopic (exact) mass is 267 g/mol. The Morgan fingerprint density at radius 2 is 2.05 bits per heavy atom. The van der Waals surface area contributed by atoms with E-state index in [1.54, 1.807) is 30.0 Å². The maximum absolute atomic E-state index is 12.3. The Kier molecular flexibility index (Phi) is 3.16. The van der Waals surface area contributed by atoms with Crippen molar-refractivity contribution in [2.75, 3.05) is 7.11 Å². The minimum absolute atomic E-state index is 0.0282. The SMILES string of the molecule is COc1cccc(C(=O)Cn2nnc3ccccc32)c1. The molecule has 3 rings (SSSR count). The fraction of sp³-hybridized carbons (Fsp3) is 0.133. The van der Waals surface area contributed by atoms with Crippen LogP contribution < -0.4 is 4.74 Å². The molecule has 0 saturated heterocycles. The van der Waals surface area contributed by atoms with Crippen molar-refractivity contribution in [3.63, 3.8) is 0 Å². The molecule has 0 aliphatic carbocycles. The van der Waals surface area contributed by atoms with Crippen LogP contribution >= 0.6 is 0 Å². The third-order valence-electron chi connectivity index (χ3n) is 3.11. The predicted molar refractivity (Wildman–Crippen MR) is 74.9 cm³/mol. The molecule has 0 amide bonds. The average Bonchev–Trinajstić information content (AvgIpc) is 2.90. The maximum atomic E-state index is 12.3. The molecule has 0 atom stereocenters. The third-order valence-corrected chi connectivity index (χ3v) is 3.11. The molecule has 0 radical (unpaired) electrons. The minimum Gasteiger partial charge on any atom is -0.497 e. The number of hydrogen-bond acceptors (Lipinski definition) is 4. The van der Waals surface area contributed by atoms with Crippen LogP contribution in [0.4, 0.5) is 0 Å². The molecule has 0 N–H and O–H groups in total. The first kappa shape index (κ1) is 12.3. The van der Waals surface area contributed by atoms with Crippen molar-refractivity contribution >= 4 is 16.8 Å². The van der Waals surface area contributed by atoms with Gasteiger partial charge in [-0.2, -0.15) is 0 Å². The van der Waals surface area contributed by atoms with E-state index >= 15 is 0 Å². The number of rotatable bonds is 4. The zero-order valence-corrected chi connectivity index (χ0v) is 11.0. The van der Waals surface area contributed by atoms with Crippen LogP contribution in [0.3, 0.4) is 0 Å². The first-order chi connectivity index (χ1) is 9.78. The number of carbonyl (C=O) groups excluding carboxylic acids is 1. The number of methoxy groups -OCH3 is 1. The van der Waals surface area contributed by atoms with Gasteiger partial charge in [0.2, 0.25) is 0 Å². The molecule has 2 aromatic carbocycles. The van der Waals surface area contributed by atoms with Crippen LogP contribution in [0.5, 0.6) is 5.75 Å². The van der Waals surface area contributed by atoms with Crippen molar-refractivity contribution in [3.05, 3.63) is 54.1 Å². The van der Waals surface area contributed by atoms with Crippen LogP contribution in [0.2, 0.25) is 0 Å². The number of benzene rings is 2. The van der Waals surface area contributed by atoms with Gasteiger partial charge in [0.1, 0.15) is 17.8 Å². The Bertz CT molecular complexity index is 764. The van der Waals surface area contributed by atoms with Crippen molar-refractivity contribution in [3.8, 4) is 5.75 Å². The molecule has 0 saturated carbocycles. The van der Waals surface area contributed by atoms with Gasteiger partial charge in [-0.15, -0.1) is 5.10 Å². The number of para-hydroxylation sites is 1. The number of hydrogen-bond donors (Lipinski definition) is 0. The standard InChI is InChI=1S/C15H13N3O2/c1-20-12-6-4-5-11(9-12)15(19)10-18-14-8-3-2-7-13(14)16-17-18/h2-9H,10H2,1H3. The number of ketones is 1. The molecule has 0 spiro atoms. The Labute approximate surface area is 115 Å².